The Balaban J connectivity index is 2.07. The molecular formula is C13H17ClN2O2S. The summed E-state index contributed by atoms with van der Waals surface area (Å²) in [5.41, 5.74) is 0.913. The number of hydrogen-bond donors (Lipinski definition) is 1. The van der Waals surface area contributed by atoms with Crippen LogP contribution in [-0.2, 0) is 11.3 Å². The average molecular weight is 301 g/mol. The number of hydrogen-bond acceptors (Lipinski definition) is 4. The number of nitrogens with one attached hydrogen (secondary N) is 1. The maximum Gasteiger partial charge on any atom is 0.240 e. The highest BCUT2D eigenvalue weighted by molar-refractivity contribution is 7.99. The first-order chi connectivity index (χ1) is 9.11. The number of benzene rings is 1. The highest BCUT2D eigenvalue weighted by Crippen LogP contribution is 2.24. The lowest BCUT2D eigenvalue weighted by Crippen LogP contribution is -2.42. The molecule has 0 saturated carbocycles. The number of ether oxygens (including phenoxy) is 1. The Labute approximate surface area is 122 Å². The largest absolute Gasteiger partial charge is 0.496 e. The third-order valence-electron chi connectivity index (χ3n) is 3.04. The van der Waals surface area contributed by atoms with Crippen molar-refractivity contribution < 1.29 is 9.53 Å². The lowest BCUT2D eigenvalue weighted by Gasteiger charge is -2.22. The number of rotatable bonds is 4. The van der Waals surface area contributed by atoms with Crippen LogP contribution in [0.5, 0.6) is 5.75 Å². The molecule has 1 saturated heterocycles. The van der Waals surface area contributed by atoms with Crippen LogP contribution in [0.25, 0.3) is 0 Å². The molecular weight excluding hydrogens is 284 g/mol. The number of amides is 1. The van der Waals surface area contributed by atoms with E-state index in [1.807, 2.05) is 12.1 Å². The molecule has 0 radical (unpaired) electrons. The van der Waals surface area contributed by atoms with Crippen molar-refractivity contribution in [2.45, 2.75) is 12.6 Å². The predicted octanol–water partition coefficient (Wildman–Crippen LogP) is 1.97. The molecule has 6 heteroatoms. The van der Waals surface area contributed by atoms with Gasteiger partial charge in [-0.15, -0.1) is 11.8 Å². The summed E-state index contributed by atoms with van der Waals surface area (Å²) in [7, 11) is 3.41. The van der Waals surface area contributed by atoms with Crippen LogP contribution in [0.2, 0.25) is 5.02 Å². The van der Waals surface area contributed by atoms with Gasteiger partial charge in [0.05, 0.1) is 13.2 Å². The third-order valence-corrected chi connectivity index (χ3v) is 4.22. The van der Waals surface area contributed by atoms with Gasteiger partial charge in [0.1, 0.15) is 5.75 Å². The van der Waals surface area contributed by atoms with Crippen molar-refractivity contribution in [2.75, 3.05) is 25.8 Å². The monoisotopic (exact) mass is 300 g/mol. The zero-order valence-corrected chi connectivity index (χ0v) is 12.6. The van der Waals surface area contributed by atoms with Crippen molar-refractivity contribution in [1.29, 1.82) is 0 Å². The van der Waals surface area contributed by atoms with Crippen molar-refractivity contribution >= 4 is 29.3 Å². The molecule has 1 unspecified atom stereocenters. The van der Waals surface area contributed by atoms with Gasteiger partial charge in [-0.05, 0) is 18.2 Å². The topological polar surface area (TPSA) is 41.6 Å². The van der Waals surface area contributed by atoms with Crippen molar-refractivity contribution in [3.8, 4) is 5.75 Å². The molecule has 1 atom stereocenters. The summed E-state index contributed by atoms with van der Waals surface area (Å²) in [5, 5.41) is 3.82. The predicted molar refractivity (Wildman–Crippen MR) is 78.7 cm³/mol. The van der Waals surface area contributed by atoms with E-state index in [2.05, 4.69) is 5.32 Å². The number of carbonyl (C=O) groups is 1. The smallest absolute Gasteiger partial charge is 0.240 e. The molecule has 1 heterocycles. The molecule has 4 nitrogen and oxygen atoms in total. The van der Waals surface area contributed by atoms with Crippen molar-refractivity contribution in [1.82, 2.24) is 10.2 Å². The lowest BCUT2D eigenvalue weighted by atomic mass is 10.1. The zero-order valence-electron chi connectivity index (χ0n) is 11.0. The molecule has 0 spiro atoms. The molecule has 1 amide bonds. The Hall–Kier alpha value is -0.910. The fraction of sp³-hybridized carbons (Fsp3) is 0.462. The second kappa shape index (κ2) is 6.50. The molecule has 2 rings (SSSR count). The molecule has 1 aromatic carbocycles. The summed E-state index contributed by atoms with van der Waals surface area (Å²) < 4.78 is 5.29. The Morgan fingerprint density at radius 1 is 1.63 bits per heavy atom. The molecule has 1 aliphatic heterocycles. The molecule has 0 aliphatic carbocycles. The summed E-state index contributed by atoms with van der Waals surface area (Å²) in [6, 6.07) is 5.35. The molecule has 104 valence electrons. The Kier molecular flexibility index (Phi) is 4.96. The van der Waals surface area contributed by atoms with Gasteiger partial charge in [-0.25, -0.2) is 0 Å². The second-order valence-corrected chi connectivity index (χ2v) is 5.89. The minimum atomic E-state index is -0.0832. The second-order valence-electron chi connectivity index (χ2n) is 4.42. The Morgan fingerprint density at radius 3 is 3.05 bits per heavy atom. The van der Waals surface area contributed by atoms with E-state index in [0.29, 0.717) is 11.6 Å². The van der Waals surface area contributed by atoms with Gasteiger partial charge >= 0.3 is 0 Å². The molecule has 19 heavy (non-hydrogen) atoms. The van der Waals surface area contributed by atoms with Gasteiger partial charge in [0, 0.05) is 35.8 Å². The van der Waals surface area contributed by atoms with Gasteiger partial charge in [0.15, 0.2) is 0 Å². The van der Waals surface area contributed by atoms with Crippen LogP contribution in [0.15, 0.2) is 18.2 Å². The lowest BCUT2D eigenvalue weighted by molar-refractivity contribution is -0.131. The number of methoxy groups -OCH3 is 1. The number of halogens is 1. The normalized spacial score (nSPS) is 18.4. The fourth-order valence-electron chi connectivity index (χ4n) is 2.02. The molecule has 1 aliphatic rings. The number of nitrogens with zero attached hydrogens (tertiary/aromatic N) is 1. The van der Waals surface area contributed by atoms with Gasteiger partial charge in [-0.2, -0.15) is 0 Å². The molecule has 0 bridgehead atoms. The maximum atomic E-state index is 12.2. The summed E-state index contributed by atoms with van der Waals surface area (Å²) in [6.45, 7) is 0.491. The van der Waals surface area contributed by atoms with Crippen LogP contribution in [-0.4, -0.2) is 42.6 Å². The van der Waals surface area contributed by atoms with E-state index < -0.39 is 0 Å². The van der Waals surface area contributed by atoms with Crippen molar-refractivity contribution in [3.05, 3.63) is 28.8 Å². The minimum Gasteiger partial charge on any atom is -0.496 e. The van der Waals surface area contributed by atoms with E-state index in [9.17, 15) is 4.79 Å². The van der Waals surface area contributed by atoms with Crippen LogP contribution >= 0.6 is 23.4 Å². The van der Waals surface area contributed by atoms with E-state index in [0.717, 1.165) is 22.9 Å². The van der Waals surface area contributed by atoms with Gasteiger partial charge in [0.2, 0.25) is 5.91 Å². The Bertz CT molecular complexity index is 464. The van der Waals surface area contributed by atoms with Crippen LogP contribution in [0, 0.1) is 0 Å². The summed E-state index contributed by atoms with van der Waals surface area (Å²) in [6.07, 6.45) is 0. The van der Waals surface area contributed by atoms with Crippen LogP contribution in [0.1, 0.15) is 5.56 Å². The van der Waals surface area contributed by atoms with E-state index in [4.69, 9.17) is 16.3 Å². The van der Waals surface area contributed by atoms with E-state index >= 15 is 0 Å². The summed E-state index contributed by atoms with van der Waals surface area (Å²) in [4.78, 5) is 13.9. The Morgan fingerprint density at radius 2 is 2.42 bits per heavy atom. The SMILES string of the molecule is COc1ccc(Cl)cc1CN(C)C(=O)C1CSCN1. The van der Waals surface area contributed by atoms with E-state index in [-0.39, 0.29) is 11.9 Å². The van der Waals surface area contributed by atoms with Gasteiger partial charge in [0.25, 0.3) is 0 Å². The number of thioether (sulfide) groups is 1. The van der Waals surface area contributed by atoms with Crippen molar-refractivity contribution in [2.24, 2.45) is 0 Å². The van der Waals surface area contributed by atoms with E-state index in [1.165, 1.54) is 0 Å². The minimum absolute atomic E-state index is 0.0832. The van der Waals surface area contributed by atoms with Gasteiger partial charge in [-0.1, -0.05) is 11.6 Å². The first-order valence-corrected chi connectivity index (χ1v) is 7.53. The molecule has 1 fully saturated rings. The third kappa shape index (κ3) is 3.55. The highest BCUT2D eigenvalue weighted by atomic mass is 35.5. The fourth-order valence-corrected chi connectivity index (χ4v) is 3.15. The van der Waals surface area contributed by atoms with Crippen LogP contribution < -0.4 is 10.1 Å². The molecule has 1 N–H and O–H groups in total. The molecule has 0 aromatic heterocycles. The first-order valence-electron chi connectivity index (χ1n) is 6.00. The van der Waals surface area contributed by atoms with Crippen LogP contribution in [0.4, 0.5) is 0 Å². The van der Waals surface area contributed by atoms with Gasteiger partial charge < -0.3 is 9.64 Å². The quantitative estimate of drug-likeness (QED) is 0.923. The number of carbonyl (C=O) groups excluding carboxylic acids is 1. The zero-order chi connectivity index (χ0) is 13.8. The first kappa shape index (κ1) is 14.5. The standard InChI is InChI=1S/C13H17ClN2O2S/c1-16(13(17)11-7-19-8-15-11)6-9-5-10(14)3-4-12(9)18-2/h3-5,11,15H,6-8H2,1-2H3. The summed E-state index contributed by atoms with van der Waals surface area (Å²) in [5.74, 6) is 2.52. The number of likely N-dealkylation sites (N-methyl/N-ethyl adjacent to an activating group) is 1. The molecule has 1 aromatic rings. The van der Waals surface area contributed by atoms with Crippen LogP contribution in [0.3, 0.4) is 0 Å². The summed E-state index contributed by atoms with van der Waals surface area (Å²) >= 11 is 7.73. The van der Waals surface area contributed by atoms with Gasteiger partial charge in [-0.3, -0.25) is 10.1 Å². The maximum absolute atomic E-state index is 12.2. The van der Waals surface area contributed by atoms with Crippen molar-refractivity contribution in [3.63, 3.8) is 0 Å². The highest BCUT2D eigenvalue weighted by Gasteiger charge is 2.25. The van der Waals surface area contributed by atoms with E-state index in [1.54, 1.807) is 36.9 Å². The average Bonchev–Trinajstić information content (AvgIpc) is 2.92.